The zero-order chi connectivity index (χ0) is 17.1. The van der Waals surface area contributed by atoms with Crippen molar-refractivity contribution < 1.29 is 9.53 Å². The molecule has 1 aromatic heterocycles. The Hall–Kier alpha value is -1.60. The zero-order valence-electron chi connectivity index (χ0n) is 14.9. The van der Waals surface area contributed by atoms with Crippen LogP contribution in [-0.4, -0.2) is 71.5 Å². The molecule has 1 aliphatic carbocycles. The minimum Gasteiger partial charge on any atom is -0.379 e. The molecule has 1 aromatic rings. The molecular formula is C18H29N5O2. The number of hydrogen-bond acceptors (Lipinski definition) is 4. The number of aromatic nitrogens is 2. The fraction of sp³-hybridized carbons (Fsp3) is 0.778. The molecule has 138 valence electrons. The molecule has 1 N–H and O–H groups in total. The number of rotatable bonds is 5. The van der Waals surface area contributed by atoms with Gasteiger partial charge in [-0.25, -0.2) is 4.79 Å². The van der Waals surface area contributed by atoms with E-state index in [9.17, 15) is 4.79 Å². The Kier molecular flexibility index (Phi) is 5.22. The molecule has 4 rings (SSSR count). The number of urea groups is 1. The second kappa shape index (κ2) is 7.74. The summed E-state index contributed by atoms with van der Waals surface area (Å²) in [4.78, 5) is 17.0. The van der Waals surface area contributed by atoms with Crippen LogP contribution in [0, 0.1) is 11.8 Å². The maximum absolute atomic E-state index is 12.6. The van der Waals surface area contributed by atoms with Crippen LogP contribution in [0.2, 0.25) is 0 Å². The first-order valence-electron chi connectivity index (χ1n) is 9.65. The van der Waals surface area contributed by atoms with Crippen molar-refractivity contribution in [1.29, 1.82) is 0 Å². The number of morpholine rings is 1. The summed E-state index contributed by atoms with van der Waals surface area (Å²) in [6.45, 7) is 7.45. The monoisotopic (exact) mass is 347 g/mol. The summed E-state index contributed by atoms with van der Waals surface area (Å²) in [5.74, 6) is 1.35. The van der Waals surface area contributed by atoms with E-state index in [-0.39, 0.29) is 6.03 Å². The lowest BCUT2D eigenvalue weighted by Gasteiger charge is -2.36. The number of carbonyl (C=O) groups is 1. The van der Waals surface area contributed by atoms with Crippen LogP contribution in [0.1, 0.15) is 25.7 Å². The van der Waals surface area contributed by atoms with E-state index in [1.54, 1.807) is 6.20 Å². The van der Waals surface area contributed by atoms with E-state index in [2.05, 4.69) is 15.3 Å². The molecule has 0 bridgehead atoms. The van der Waals surface area contributed by atoms with E-state index < -0.39 is 0 Å². The van der Waals surface area contributed by atoms with Gasteiger partial charge < -0.3 is 15.0 Å². The smallest absolute Gasteiger partial charge is 0.321 e. The summed E-state index contributed by atoms with van der Waals surface area (Å²) in [5.41, 5.74) is 0.806. The second-order valence-corrected chi connectivity index (χ2v) is 7.69. The summed E-state index contributed by atoms with van der Waals surface area (Å²) >= 11 is 0. The number of hydrogen-bond donors (Lipinski definition) is 1. The van der Waals surface area contributed by atoms with Gasteiger partial charge in [-0.3, -0.25) is 9.58 Å². The zero-order valence-corrected chi connectivity index (χ0v) is 14.9. The first kappa shape index (κ1) is 16.8. The molecule has 3 fully saturated rings. The Balaban J connectivity index is 1.26. The van der Waals surface area contributed by atoms with Crippen LogP contribution in [0.15, 0.2) is 12.4 Å². The molecule has 3 heterocycles. The number of amides is 2. The van der Waals surface area contributed by atoms with E-state index in [0.29, 0.717) is 5.92 Å². The number of carbonyl (C=O) groups excluding carboxylic acids is 1. The van der Waals surface area contributed by atoms with E-state index in [4.69, 9.17) is 4.74 Å². The normalized spacial score (nSPS) is 25.1. The molecule has 1 atom stereocenters. The summed E-state index contributed by atoms with van der Waals surface area (Å²) in [7, 11) is 0. The average molecular weight is 347 g/mol. The first-order chi connectivity index (χ1) is 12.3. The van der Waals surface area contributed by atoms with Gasteiger partial charge in [-0.2, -0.15) is 5.10 Å². The third-order valence-corrected chi connectivity index (χ3v) is 5.45. The number of nitrogens with zero attached hydrogens (tertiary/aromatic N) is 4. The molecule has 2 saturated heterocycles. The Morgan fingerprint density at radius 2 is 2.00 bits per heavy atom. The van der Waals surface area contributed by atoms with Crippen LogP contribution in [0.4, 0.5) is 10.5 Å². The Bertz CT molecular complexity index is 580. The molecule has 0 radical (unpaired) electrons. The largest absolute Gasteiger partial charge is 0.379 e. The molecular weight excluding hydrogens is 318 g/mol. The Morgan fingerprint density at radius 1 is 1.16 bits per heavy atom. The van der Waals surface area contributed by atoms with E-state index in [0.717, 1.165) is 70.5 Å². The maximum Gasteiger partial charge on any atom is 0.321 e. The highest BCUT2D eigenvalue weighted by Gasteiger charge is 2.26. The molecule has 2 aliphatic heterocycles. The number of anilines is 1. The lowest BCUT2D eigenvalue weighted by atomic mass is 9.97. The number of ether oxygens (including phenoxy) is 1. The van der Waals surface area contributed by atoms with Gasteiger partial charge >= 0.3 is 6.03 Å². The number of nitrogens with one attached hydrogen (secondary N) is 1. The highest BCUT2D eigenvalue weighted by molar-refractivity contribution is 5.89. The first-order valence-corrected chi connectivity index (χ1v) is 9.65. The van der Waals surface area contributed by atoms with Crippen molar-refractivity contribution in [2.45, 2.75) is 32.2 Å². The predicted octanol–water partition coefficient (Wildman–Crippen LogP) is 1.87. The molecule has 3 aliphatic rings. The van der Waals surface area contributed by atoms with E-state index >= 15 is 0 Å². The predicted molar refractivity (Wildman–Crippen MR) is 95.5 cm³/mol. The van der Waals surface area contributed by atoms with Gasteiger partial charge in [0.2, 0.25) is 0 Å². The van der Waals surface area contributed by atoms with Crippen molar-refractivity contribution in [3.8, 4) is 0 Å². The molecule has 0 spiro atoms. The molecule has 0 aromatic carbocycles. The van der Waals surface area contributed by atoms with Gasteiger partial charge in [-0.1, -0.05) is 0 Å². The number of likely N-dealkylation sites (tertiary alicyclic amines) is 1. The van der Waals surface area contributed by atoms with E-state index in [1.807, 2.05) is 15.8 Å². The third kappa shape index (κ3) is 4.73. The lowest BCUT2D eigenvalue weighted by Crippen LogP contribution is -2.47. The van der Waals surface area contributed by atoms with Gasteiger partial charge in [0.15, 0.2) is 0 Å². The Labute approximate surface area is 149 Å². The summed E-state index contributed by atoms with van der Waals surface area (Å²) in [6, 6.07) is 0.0117. The minimum absolute atomic E-state index is 0.0117. The van der Waals surface area contributed by atoms with Crippen LogP contribution >= 0.6 is 0 Å². The second-order valence-electron chi connectivity index (χ2n) is 7.69. The van der Waals surface area contributed by atoms with Crippen molar-refractivity contribution in [3.63, 3.8) is 0 Å². The highest BCUT2D eigenvalue weighted by Crippen LogP contribution is 2.30. The maximum atomic E-state index is 12.6. The van der Waals surface area contributed by atoms with Crippen LogP contribution in [0.25, 0.3) is 0 Å². The Morgan fingerprint density at radius 3 is 2.80 bits per heavy atom. The molecule has 2 amide bonds. The van der Waals surface area contributed by atoms with Crippen molar-refractivity contribution in [2.24, 2.45) is 11.8 Å². The average Bonchev–Trinajstić information content (AvgIpc) is 3.34. The minimum atomic E-state index is 0.0117. The highest BCUT2D eigenvalue weighted by atomic mass is 16.5. The summed E-state index contributed by atoms with van der Waals surface area (Å²) < 4.78 is 7.37. The van der Waals surface area contributed by atoms with Gasteiger partial charge in [0.25, 0.3) is 0 Å². The van der Waals surface area contributed by atoms with Crippen molar-refractivity contribution in [3.05, 3.63) is 12.4 Å². The fourth-order valence-corrected chi connectivity index (χ4v) is 3.84. The van der Waals surface area contributed by atoms with Gasteiger partial charge in [-0.05, 0) is 37.5 Å². The fourth-order valence-electron chi connectivity index (χ4n) is 3.84. The van der Waals surface area contributed by atoms with Gasteiger partial charge in [-0.15, -0.1) is 0 Å². The SMILES string of the molecule is O=C(Nc1cnn(CC2CC2)c1)N1CCC[C@@H](CN2CCOCC2)C1. The quantitative estimate of drug-likeness (QED) is 0.883. The van der Waals surface area contributed by atoms with Gasteiger partial charge in [0, 0.05) is 45.5 Å². The van der Waals surface area contributed by atoms with Crippen LogP contribution in [0.5, 0.6) is 0 Å². The van der Waals surface area contributed by atoms with Gasteiger partial charge in [0.1, 0.15) is 0 Å². The van der Waals surface area contributed by atoms with Crippen LogP contribution in [0.3, 0.4) is 0 Å². The van der Waals surface area contributed by atoms with Crippen LogP contribution in [-0.2, 0) is 11.3 Å². The molecule has 7 nitrogen and oxygen atoms in total. The number of piperidine rings is 1. The molecule has 25 heavy (non-hydrogen) atoms. The standard InChI is InChI=1S/C18H29N5O2/c24-18(20-17-10-19-23(14-17)13-15-3-4-15)22-5-1-2-16(12-22)11-21-6-8-25-9-7-21/h10,14-16H,1-9,11-13H2,(H,20,24)/t16-/m0/s1. The van der Waals surface area contributed by atoms with Crippen molar-refractivity contribution in [1.82, 2.24) is 19.6 Å². The molecule has 7 heteroatoms. The van der Waals surface area contributed by atoms with Crippen LogP contribution < -0.4 is 5.32 Å². The third-order valence-electron chi connectivity index (χ3n) is 5.45. The summed E-state index contributed by atoms with van der Waals surface area (Å²) in [5, 5.41) is 7.37. The van der Waals surface area contributed by atoms with Crippen molar-refractivity contribution >= 4 is 11.7 Å². The lowest BCUT2D eigenvalue weighted by molar-refractivity contribution is 0.0252. The van der Waals surface area contributed by atoms with E-state index in [1.165, 1.54) is 19.3 Å². The summed E-state index contributed by atoms with van der Waals surface area (Å²) in [6.07, 6.45) is 8.62. The molecule has 1 saturated carbocycles. The topological polar surface area (TPSA) is 62.6 Å². The van der Waals surface area contributed by atoms with Crippen molar-refractivity contribution in [2.75, 3.05) is 51.3 Å². The van der Waals surface area contributed by atoms with Gasteiger partial charge in [0.05, 0.1) is 25.1 Å². The molecule has 0 unspecified atom stereocenters.